The van der Waals surface area contributed by atoms with Crippen molar-refractivity contribution in [2.75, 3.05) is 24.7 Å². The second kappa shape index (κ2) is 8.51. The summed E-state index contributed by atoms with van der Waals surface area (Å²) >= 11 is 1.56. The summed E-state index contributed by atoms with van der Waals surface area (Å²) in [5.74, 6) is 0.705. The van der Waals surface area contributed by atoms with Gasteiger partial charge in [0.1, 0.15) is 5.75 Å². The molecule has 0 spiro atoms. The molecule has 1 atom stereocenters. The Hall–Kier alpha value is -2.44. The normalized spacial score (nSPS) is 16.3. The molecule has 2 aromatic carbocycles. The predicted octanol–water partition coefficient (Wildman–Crippen LogP) is 5.14. The number of aryl methyl sites for hydroxylation is 2. The molecule has 2 heterocycles. The highest BCUT2D eigenvalue weighted by molar-refractivity contribution is 7.22. The van der Waals surface area contributed by atoms with Crippen LogP contribution < -0.4 is 9.64 Å². The molecule has 1 aromatic heterocycles. The first-order valence-electron chi connectivity index (χ1n) is 10.1. The standard InChI is InChI=1S/C23H26N2O3S/c1-4-27-18-9-7-17(8-10-18)22(26)25(14-19-6-5-11-28-19)23-24-20-12-15(2)16(3)13-21(20)29-23/h7-10,12-13,19H,4-6,11,14H2,1-3H3. The first-order chi connectivity index (χ1) is 14.0. The lowest BCUT2D eigenvalue weighted by atomic mass is 10.1. The molecule has 1 fully saturated rings. The highest BCUT2D eigenvalue weighted by Crippen LogP contribution is 2.32. The van der Waals surface area contributed by atoms with Crippen molar-refractivity contribution in [1.29, 1.82) is 0 Å². The summed E-state index contributed by atoms with van der Waals surface area (Å²) in [5.41, 5.74) is 4.00. The number of amides is 1. The molecule has 4 rings (SSSR count). The van der Waals surface area contributed by atoms with Crippen LogP contribution in [0.5, 0.6) is 5.75 Å². The summed E-state index contributed by atoms with van der Waals surface area (Å²) in [7, 11) is 0. The molecule has 0 saturated carbocycles. The third-order valence-electron chi connectivity index (χ3n) is 5.29. The van der Waals surface area contributed by atoms with Crippen LogP contribution in [0.3, 0.4) is 0 Å². The van der Waals surface area contributed by atoms with Gasteiger partial charge in [0.25, 0.3) is 5.91 Å². The van der Waals surface area contributed by atoms with Crippen LogP contribution in [0.4, 0.5) is 5.13 Å². The molecule has 3 aromatic rings. The number of thiazole rings is 1. The van der Waals surface area contributed by atoms with Crippen LogP contribution in [-0.2, 0) is 4.74 Å². The minimum absolute atomic E-state index is 0.0529. The molecule has 0 radical (unpaired) electrons. The molecule has 0 bridgehead atoms. The lowest BCUT2D eigenvalue weighted by Gasteiger charge is -2.23. The van der Waals surface area contributed by atoms with Gasteiger partial charge in [-0.15, -0.1) is 0 Å². The number of benzene rings is 2. The maximum atomic E-state index is 13.4. The summed E-state index contributed by atoms with van der Waals surface area (Å²) in [6.45, 7) is 8.01. The van der Waals surface area contributed by atoms with Gasteiger partial charge in [0.15, 0.2) is 5.13 Å². The van der Waals surface area contributed by atoms with Gasteiger partial charge in [0.2, 0.25) is 0 Å². The lowest BCUT2D eigenvalue weighted by molar-refractivity contribution is 0.0917. The highest BCUT2D eigenvalue weighted by Gasteiger charge is 2.27. The summed E-state index contributed by atoms with van der Waals surface area (Å²) in [6, 6.07) is 11.6. The minimum Gasteiger partial charge on any atom is -0.494 e. The largest absolute Gasteiger partial charge is 0.494 e. The highest BCUT2D eigenvalue weighted by atomic mass is 32.1. The fraction of sp³-hybridized carbons (Fsp3) is 0.391. The molecule has 1 unspecified atom stereocenters. The smallest absolute Gasteiger partial charge is 0.260 e. The second-order valence-electron chi connectivity index (χ2n) is 7.41. The SMILES string of the molecule is CCOc1ccc(C(=O)N(CC2CCCO2)c2nc3cc(C)c(C)cc3s2)cc1. The third kappa shape index (κ3) is 4.28. The number of hydrogen-bond acceptors (Lipinski definition) is 5. The van der Waals surface area contributed by atoms with Crippen LogP contribution >= 0.6 is 11.3 Å². The Bertz CT molecular complexity index is 968. The van der Waals surface area contributed by atoms with Gasteiger partial charge in [-0.25, -0.2) is 4.98 Å². The average molecular weight is 411 g/mol. The van der Waals surface area contributed by atoms with E-state index >= 15 is 0 Å². The van der Waals surface area contributed by atoms with Crippen LogP contribution in [0.1, 0.15) is 41.3 Å². The Labute approximate surface area is 175 Å². The zero-order valence-electron chi connectivity index (χ0n) is 17.1. The molecule has 1 amide bonds. The predicted molar refractivity (Wildman–Crippen MR) is 117 cm³/mol. The molecule has 1 aliphatic heterocycles. The van der Waals surface area contributed by atoms with Gasteiger partial charge >= 0.3 is 0 Å². The summed E-state index contributed by atoms with van der Waals surface area (Å²) in [6.07, 6.45) is 2.06. The van der Waals surface area contributed by atoms with E-state index in [-0.39, 0.29) is 12.0 Å². The Balaban J connectivity index is 1.68. The quantitative estimate of drug-likeness (QED) is 0.565. The van der Waals surface area contributed by atoms with Gasteiger partial charge in [-0.3, -0.25) is 9.69 Å². The van der Waals surface area contributed by atoms with E-state index in [1.165, 1.54) is 11.1 Å². The van der Waals surface area contributed by atoms with Crippen LogP contribution in [0.15, 0.2) is 36.4 Å². The Morgan fingerprint density at radius 3 is 2.69 bits per heavy atom. The number of hydrogen-bond donors (Lipinski definition) is 0. The maximum Gasteiger partial charge on any atom is 0.260 e. The van der Waals surface area contributed by atoms with Crippen LogP contribution in [0.25, 0.3) is 10.2 Å². The van der Waals surface area contributed by atoms with E-state index in [9.17, 15) is 4.79 Å². The number of nitrogens with zero attached hydrogens (tertiary/aromatic N) is 2. The monoisotopic (exact) mass is 410 g/mol. The van der Waals surface area contributed by atoms with Gasteiger partial charge in [0.05, 0.1) is 29.5 Å². The Morgan fingerprint density at radius 1 is 1.24 bits per heavy atom. The molecule has 6 heteroatoms. The number of carbonyl (C=O) groups is 1. The number of rotatable bonds is 6. The maximum absolute atomic E-state index is 13.4. The molecule has 5 nitrogen and oxygen atoms in total. The number of fused-ring (bicyclic) bond motifs is 1. The Kier molecular flexibility index (Phi) is 5.83. The van der Waals surface area contributed by atoms with E-state index in [0.29, 0.717) is 18.7 Å². The zero-order chi connectivity index (χ0) is 20.4. The lowest BCUT2D eigenvalue weighted by Crippen LogP contribution is -2.37. The first kappa shape index (κ1) is 19.9. The van der Waals surface area contributed by atoms with Crippen molar-refractivity contribution < 1.29 is 14.3 Å². The number of carbonyl (C=O) groups excluding carboxylic acids is 1. The van der Waals surface area contributed by atoms with Gasteiger partial charge in [-0.2, -0.15) is 0 Å². The minimum atomic E-state index is -0.0592. The van der Waals surface area contributed by atoms with E-state index in [2.05, 4.69) is 26.0 Å². The first-order valence-corrected chi connectivity index (χ1v) is 10.9. The van der Waals surface area contributed by atoms with Crippen molar-refractivity contribution in [2.45, 2.75) is 39.7 Å². The zero-order valence-corrected chi connectivity index (χ0v) is 17.9. The van der Waals surface area contributed by atoms with Crippen LogP contribution in [0.2, 0.25) is 0 Å². The number of ether oxygens (including phenoxy) is 2. The van der Waals surface area contributed by atoms with Gasteiger partial charge in [0, 0.05) is 12.2 Å². The molecule has 0 aliphatic carbocycles. The molecule has 0 N–H and O–H groups in total. The summed E-state index contributed by atoms with van der Waals surface area (Å²) in [5, 5.41) is 0.722. The fourth-order valence-corrected chi connectivity index (χ4v) is 4.59. The summed E-state index contributed by atoms with van der Waals surface area (Å²) < 4.78 is 12.4. The third-order valence-corrected chi connectivity index (χ3v) is 6.33. The number of anilines is 1. The molecule has 152 valence electrons. The fourth-order valence-electron chi connectivity index (χ4n) is 3.54. The van der Waals surface area contributed by atoms with E-state index in [4.69, 9.17) is 14.5 Å². The molecular weight excluding hydrogens is 384 g/mol. The van der Waals surface area contributed by atoms with Crippen molar-refractivity contribution in [1.82, 2.24) is 4.98 Å². The van der Waals surface area contributed by atoms with Crippen molar-refractivity contribution in [3.8, 4) is 5.75 Å². The topological polar surface area (TPSA) is 51.7 Å². The van der Waals surface area contributed by atoms with E-state index in [1.807, 2.05) is 31.2 Å². The van der Waals surface area contributed by atoms with Gasteiger partial charge < -0.3 is 9.47 Å². The summed E-state index contributed by atoms with van der Waals surface area (Å²) in [4.78, 5) is 20.0. The van der Waals surface area contributed by atoms with Crippen molar-refractivity contribution >= 4 is 32.6 Å². The Morgan fingerprint density at radius 2 is 2.00 bits per heavy atom. The van der Waals surface area contributed by atoms with E-state index in [1.54, 1.807) is 16.2 Å². The average Bonchev–Trinajstić information content (AvgIpc) is 3.36. The van der Waals surface area contributed by atoms with Crippen molar-refractivity contribution in [3.05, 3.63) is 53.1 Å². The molecule has 29 heavy (non-hydrogen) atoms. The van der Waals surface area contributed by atoms with E-state index in [0.717, 1.165) is 40.5 Å². The van der Waals surface area contributed by atoms with Gasteiger partial charge in [-0.05, 0) is 81.1 Å². The van der Waals surface area contributed by atoms with Crippen molar-refractivity contribution in [2.24, 2.45) is 0 Å². The van der Waals surface area contributed by atoms with Crippen LogP contribution in [-0.4, -0.2) is 36.8 Å². The van der Waals surface area contributed by atoms with E-state index < -0.39 is 0 Å². The molecule has 1 saturated heterocycles. The number of aromatic nitrogens is 1. The second-order valence-corrected chi connectivity index (χ2v) is 8.42. The molecular formula is C23H26N2O3S. The van der Waals surface area contributed by atoms with Gasteiger partial charge in [-0.1, -0.05) is 11.3 Å². The van der Waals surface area contributed by atoms with Crippen LogP contribution in [0, 0.1) is 13.8 Å². The van der Waals surface area contributed by atoms with Crippen molar-refractivity contribution in [3.63, 3.8) is 0 Å². The molecule has 1 aliphatic rings.